The van der Waals surface area contributed by atoms with Gasteiger partial charge in [-0.2, -0.15) is 39.5 Å². The van der Waals surface area contributed by atoms with Crippen molar-refractivity contribution < 1.29 is 128 Å². The van der Waals surface area contributed by atoms with Crippen molar-refractivity contribution in [2.24, 2.45) is 0 Å². The minimum atomic E-state index is -4.98. The van der Waals surface area contributed by atoms with Crippen LogP contribution in [0.4, 0.5) is 39.5 Å². The average molecular weight is 1370 g/mol. The Morgan fingerprint density at radius 3 is 0.614 bits per heavy atom. The molecule has 83 heavy (non-hydrogen) atoms. The molecule has 3 heterocycles. The zero-order valence-corrected chi connectivity index (χ0v) is 49.1. The Kier molecular flexibility index (Phi) is 27.0. The van der Waals surface area contributed by atoms with Crippen LogP contribution in [0.3, 0.4) is 0 Å². The summed E-state index contributed by atoms with van der Waals surface area (Å²) in [4.78, 5) is 31.5. The van der Waals surface area contributed by atoms with Crippen molar-refractivity contribution in [3.05, 3.63) is 267 Å². The van der Waals surface area contributed by atoms with Gasteiger partial charge in [-0.3, -0.25) is 14.4 Å². The molecule has 0 N–H and O–H groups in total. The first kappa shape index (κ1) is 69.0. The molecule has 0 amide bonds. The molecule has 0 fully saturated rings. The normalized spacial score (nSPS) is 11.9. The Balaban J connectivity index is 0.000000225. The average Bonchev–Trinajstić information content (AvgIpc) is 4.47. The van der Waals surface area contributed by atoms with Crippen molar-refractivity contribution in [1.82, 2.24) is 0 Å². The molecular weight excluding hydrogens is 1330 g/mol. The molecule has 6 aromatic carbocycles. The van der Waals surface area contributed by atoms with Crippen molar-refractivity contribution in [3.63, 3.8) is 0 Å². The summed E-state index contributed by atoms with van der Waals surface area (Å²) in [5.41, 5.74) is 0. The van der Waals surface area contributed by atoms with Crippen molar-refractivity contribution in [2.45, 2.75) is 18.5 Å². The molecule has 0 bridgehead atoms. The standard InChI is InChI=1S/2C18H15OP.3C8H5F3O2S.Eu/c2*19-20(16-10-4-1-5-11-16,17-12-6-2-7-13-17)18-14-8-3-9-15-18;3*9-8(10,11)7(13)4-5(12)6-2-1-3-14-6;/h2*1-15H;3*1-4,12H;/q;;;;;+3/p-3. The summed E-state index contributed by atoms with van der Waals surface area (Å²) in [6.07, 6.45) is -14.8. The molecule has 0 unspecified atom stereocenters. The Morgan fingerprint density at radius 2 is 0.482 bits per heavy atom. The van der Waals surface area contributed by atoms with Gasteiger partial charge < -0.3 is 24.4 Å². The van der Waals surface area contributed by atoms with Gasteiger partial charge in [0.15, 0.2) is 14.3 Å². The van der Waals surface area contributed by atoms with Crippen LogP contribution in [-0.4, -0.2) is 35.9 Å². The molecule has 428 valence electrons. The molecule has 0 spiro atoms. The van der Waals surface area contributed by atoms with E-state index in [9.17, 15) is 78.3 Å². The van der Waals surface area contributed by atoms with Crippen LogP contribution in [0, 0.1) is 49.4 Å². The first-order chi connectivity index (χ1) is 38.9. The van der Waals surface area contributed by atoms with E-state index in [0.29, 0.717) is 0 Å². The summed E-state index contributed by atoms with van der Waals surface area (Å²) >= 11 is 2.95. The molecule has 8 nitrogen and oxygen atoms in total. The topological polar surface area (TPSA) is 155 Å². The quantitative estimate of drug-likeness (QED) is 0.0507. The van der Waals surface area contributed by atoms with Crippen LogP contribution in [0.5, 0.6) is 0 Å². The third-order valence-corrected chi connectivity index (χ3v) is 19.4. The Labute approximate surface area is 523 Å². The summed E-state index contributed by atoms with van der Waals surface area (Å²) < 4.78 is 133. The molecule has 0 saturated heterocycles. The molecule has 0 atom stereocenters. The molecule has 3 aromatic heterocycles. The van der Waals surface area contributed by atoms with Gasteiger partial charge in [0, 0.05) is 46.5 Å². The van der Waals surface area contributed by atoms with Crippen molar-refractivity contribution in [2.75, 3.05) is 0 Å². The zero-order chi connectivity index (χ0) is 60.0. The van der Waals surface area contributed by atoms with Crippen LogP contribution in [0.25, 0.3) is 17.3 Å². The van der Waals surface area contributed by atoms with Gasteiger partial charge in [-0.1, -0.05) is 217 Å². The predicted octanol–water partition coefficient (Wildman–Crippen LogP) is 11.4. The minimum Gasteiger partial charge on any atom is -0.871 e. The van der Waals surface area contributed by atoms with Crippen LogP contribution in [-0.2, 0) is 23.5 Å². The van der Waals surface area contributed by atoms with Crippen LogP contribution in [0.2, 0.25) is 0 Å². The number of halogens is 9. The van der Waals surface area contributed by atoms with E-state index < -0.39 is 67.4 Å². The zero-order valence-electron chi connectivity index (χ0n) is 42.4. The Hall–Kier alpha value is -6.54. The Morgan fingerprint density at radius 1 is 0.313 bits per heavy atom. The second-order valence-electron chi connectivity index (χ2n) is 16.3. The van der Waals surface area contributed by atoms with Gasteiger partial charge in [-0.05, 0) is 52.6 Å². The fourth-order valence-corrected chi connectivity index (χ4v) is 14.0. The van der Waals surface area contributed by atoms with E-state index in [4.69, 9.17) is 0 Å². The molecule has 23 heteroatoms. The van der Waals surface area contributed by atoms with Crippen LogP contribution >= 0.6 is 48.3 Å². The number of ketones is 3. The minimum absolute atomic E-state index is 0. The van der Waals surface area contributed by atoms with Gasteiger partial charge in [0.05, 0.1) is 0 Å². The summed E-state index contributed by atoms with van der Waals surface area (Å²) in [5.74, 6) is -9.13. The van der Waals surface area contributed by atoms with Gasteiger partial charge >= 0.3 is 67.9 Å². The van der Waals surface area contributed by atoms with E-state index in [-0.39, 0.29) is 82.2 Å². The molecule has 0 aliphatic heterocycles. The number of carbonyl (C=O) groups excluding carboxylic acids is 3. The number of allylic oxidation sites excluding steroid dienone is 3. The number of rotatable bonds is 12. The monoisotopic (exact) mass is 1370 g/mol. The maximum Gasteiger partial charge on any atom is 3.00 e. The first-order valence-electron chi connectivity index (χ1n) is 23.5. The van der Waals surface area contributed by atoms with Gasteiger partial charge in [-0.15, -0.1) is 34.0 Å². The number of hydrogen-bond acceptors (Lipinski definition) is 11. The van der Waals surface area contributed by atoms with Gasteiger partial charge in [0.25, 0.3) is 17.3 Å². The molecule has 0 aliphatic carbocycles. The third kappa shape index (κ3) is 20.6. The molecule has 9 rings (SSSR count). The van der Waals surface area contributed by atoms with E-state index in [1.165, 1.54) is 36.4 Å². The number of carbonyl (C=O) groups is 3. The van der Waals surface area contributed by atoms with E-state index in [0.717, 1.165) is 65.8 Å². The van der Waals surface area contributed by atoms with Crippen molar-refractivity contribution in [1.29, 1.82) is 0 Å². The van der Waals surface area contributed by atoms with Gasteiger partial charge in [0.1, 0.15) is 0 Å². The fraction of sp³-hybridized carbons (Fsp3) is 0.0500. The molecule has 0 aliphatic rings. The fourth-order valence-electron chi connectivity index (χ4n) is 6.79. The largest absolute Gasteiger partial charge is 3.00 e. The molecular formula is C60H42EuF9O8P2S3. The van der Waals surface area contributed by atoms with E-state index >= 15 is 0 Å². The first-order valence-corrected chi connectivity index (χ1v) is 29.6. The molecule has 9 aromatic rings. The summed E-state index contributed by atoms with van der Waals surface area (Å²) in [7, 11) is -5.55. The third-order valence-electron chi connectivity index (χ3n) is 10.6. The SMILES string of the molecule is O=C(C=C([O-])c1cccs1)C(F)(F)F.O=C(C=C([O-])c1cccs1)C(F)(F)F.O=C(C=C([O-])c1cccs1)C(F)(F)F.O=P(c1ccccc1)(c1ccccc1)c1ccccc1.O=P(c1ccccc1)(c1ccccc1)c1ccccc1.[Eu+3]. The summed E-state index contributed by atoms with van der Waals surface area (Å²) in [6, 6.07) is 66.9. The molecule has 0 saturated carbocycles. The van der Waals surface area contributed by atoms with E-state index in [2.05, 4.69) is 0 Å². The predicted molar refractivity (Wildman–Crippen MR) is 302 cm³/mol. The smallest absolute Gasteiger partial charge is 0.871 e. The van der Waals surface area contributed by atoms with Gasteiger partial charge in [0.2, 0.25) is 0 Å². The van der Waals surface area contributed by atoms with Gasteiger partial charge in [-0.25, -0.2) is 0 Å². The van der Waals surface area contributed by atoms with Crippen molar-refractivity contribution in [3.8, 4) is 0 Å². The molecule has 0 radical (unpaired) electrons. The maximum absolute atomic E-state index is 13.8. The summed E-state index contributed by atoms with van der Waals surface area (Å²) in [5, 5.41) is 42.8. The van der Waals surface area contributed by atoms with Crippen LogP contribution in [0.1, 0.15) is 14.6 Å². The van der Waals surface area contributed by atoms with E-state index in [1.54, 1.807) is 16.1 Å². The Bertz CT molecular complexity index is 3100. The van der Waals surface area contributed by atoms with Crippen molar-refractivity contribution >= 4 is 115 Å². The number of hydrogen-bond donors (Lipinski definition) is 0. The second kappa shape index (κ2) is 32.5. The van der Waals surface area contributed by atoms with Crippen LogP contribution in [0.15, 0.2) is 253 Å². The number of thiophene rings is 3. The van der Waals surface area contributed by atoms with Crippen LogP contribution < -0.4 is 47.1 Å². The van der Waals surface area contributed by atoms with E-state index in [1.807, 2.05) is 182 Å². The number of alkyl halides is 9. The number of benzene rings is 6. The maximum atomic E-state index is 13.8. The second-order valence-corrected chi connectivity index (χ2v) is 24.7. The summed E-state index contributed by atoms with van der Waals surface area (Å²) in [6.45, 7) is 0.